The van der Waals surface area contributed by atoms with Crippen molar-refractivity contribution in [3.8, 4) is 0 Å². The van der Waals surface area contributed by atoms with E-state index in [1.54, 1.807) is 0 Å². The predicted molar refractivity (Wildman–Crippen MR) is 118 cm³/mol. The molecule has 2 aliphatic heterocycles. The Morgan fingerprint density at radius 1 is 0.839 bits per heavy atom. The molecule has 6 unspecified atom stereocenters. The van der Waals surface area contributed by atoms with E-state index < -0.39 is 0 Å². The zero-order valence-electron chi connectivity index (χ0n) is 20.3. The van der Waals surface area contributed by atoms with E-state index in [1.165, 1.54) is 44.9 Å². The van der Waals surface area contributed by atoms with Crippen LogP contribution >= 0.6 is 0 Å². The van der Waals surface area contributed by atoms with E-state index >= 15 is 0 Å². The van der Waals surface area contributed by atoms with Crippen LogP contribution in [0.15, 0.2) is 0 Å². The Labute approximate surface area is 225 Å². The quantitative estimate of drug-likeness (QED) is 0.363. The van der Waals surface area contributed by atoms with Gasteiger partial charge in [0.2, 0.25) is 0 Å². The van der Waals surface area contributed by atoms with Crippen LogP contribution in [-0.2, 0) is 9.47 Å². The molecule has 12 atom stereocenters. The van der Waals surface area contributed by atoms with E-state index in [-0.39, 0.29) is 56.0 Å². The Morgan fingerprint density at radius 2 is 1.61 bits per heavy atom. The molecule has 0 aromatic heterocycles. The average Bonchev–Trinajstić information content (AvgIpc) is 3.16. The molecule has 1 radical (unpaired) electrons. The molecule has 6 aliphatic rings. The molecule has 4 saturated carbocycles. The van der Waals surface area contributed by atoms with Gasteiger partial charge in [-0.2, -0.15) is 0 Å². The molecular formula is C27H44AcO3. The summed E-state index contributed by atoms with van der Waals surface area (Å²) in [6.07, 6.45) is 12.9. The van der Waals surface area contributed by atoms with Crippen LogP contribution in [-0.4, -0.2) is 29.7 Å². The van der Waals surface area contributed by atoms with E-state index in [0.29, 0.717) is 34.7 Å². The Balaban J connectivity index is 0.00000204. The molecule has 0 aromatic rings. The largest absolute Gasteiger partial charge is 0.393 e. The van der Waals surface area contributed by atoms with Gasteiger partial charge in [0.1, 0.15) is 0 Å². The van der Waals surface area contributed by atoms with Crippen molar-refractivity contribution in [2.45, 2.75) is 110 Å². The summed E-state index contributed by atoms with van der Waals surface area (Å²) in [6.45, 7) is 10.9. The van der Waals surface area contributed by atoms with E-state index in [1.807, 2.05) is 0 Å². The third-order valence-corrected chi connectivity index (χ3v) is 11.9. The third-order valence-electron chi connectivity index (χ3n) is 11.9. The van der Waals surface area contributed by atoms with Crippen LogP contribution < -0.4 is 0 Å². The second-order valence-corrected chi connectivity index (χ2v) is 13.1. The Morgan fingerprint density at radius 3 is 2.35 bits per heavy atom. The van der Waals surface area contributed by atoms with Crippen LogP contribution in [0.2, 0.25) is 0 Å². The van der Waals surface area contributed by atoms with Gasteiger partial charge in [-0.05, 0) is 104 Å². The third kappa shape index (κ3) is 3.38. The molecule has 173 valence electrons. The monoisotopic (exact) mass is 643 g/mol. The van der Waals surface area contributed by atoms with Gasteiger partial charge < -0.3 is 14.6 Å². The fraction of sp³-hybridized carbons (Fsp3) is 1.00. The summed E-state index contributed by atoms with van der Waals surface area (Å²) in [4.78, 5) is 0. The van der Waals surface area contributed by atoms with E-state index in [9.17, 15) is 5.11 Å². The Kier molecular flexibility index (Phi) is 6.34. The predicted octanol–water partition coefficient (Wildman–Crippen LogP) is 5.79. The molecule has 2 saturated heterocycles. The van der Waals surface area contributed by atoms with Crippen molar-refractivity contribution in [2.75, 3.05) is 6.61 Å². The molecule has 2 heterocycles. The minimum Gasteiger partial charge on any atom is -0.393 e. The molecule has 3 nitrogen and oxygen atoms in total. The first kappa shape index (κ1) is 24.0. The summed E-state index contributed by atoms with van der Waals surface area (Å²) in [5, 5.41) is 10.3. The molecule has 1 N–H and O–H groups in total. The zero-order valence-corrected chi connectivity index (χ0v) is 25.1. The topological polar surface area (TPSA) is 38.7 Å². The van der Waals surface area contributed by atoms with Crippen molar-refractivity contribution >= 4 is 0 Å². The van der Waals surface area contributed by atoms with Crippen molar-refractivity contribution in [1.29, 1.82) is 0 Å². The van der Waals surface area contributed by atoms with E-state index in [2.05, 4.69) is 27.7 Å². The van der Waals surface area contributed by atoms with Crippen molar-refractivity contribution in [3.05, 3.63) is 0 Å². The first-order chi connectivity index (χ1) is 14.3. The second-order valence-electron chi connectivity index (χ2n) is 13.1. The second kappa shape index (κ2) is 8.18. The minimum absolute atomic E-state index is 0. The molecule has 0 amide bonds. The van der Waals surface area contributed by atoms with E-state index in [4.69, 9.17) is 9.47 Å². The standard InChI is InChI=1S/C27H44O3.Ac/c1-16-7-12-27(29-15-16)17(2)24-23(30-27)14-22-20-6-5-18-13-19(28)8-10-25(18,3)21(20)9-11-26(22,24)4;/h16-24,28H,5-15H2,1-4H3;/t16?,17-,18+,19+,20?,21?,22?,23-,24?,25-,26-,27?;/m0./s1. The number of hydrogen-bond donors (Lipinski definition) is 1. The molecule has 31 heavy (non-hydrogen) atoms. The van der Waals surface area contributed by atoms with Crippen molar-refractivity contribution < 1.29 is 58.6 Å². The maximum Gasteiger partial charge on any atom is 0.171 e. The maximum atomic E-state index is 10.3. The van der Waals surface area contributed by atoms with Gasteiger partial charge in [-0.3, -0.25) is 0 Å². The number of aliphatic hydroxyl groups excluding tert-OH is 1. The number of ether oxygens (including phenoxy) is 2. The van der Waals surface area contributed by atoms with Gasteiger partial charge in [-0.25, -0.2) is 0 Å². The van der Waals surface area contributed by atoms with E-state index in [0.717, 1.165) is 49.5 Å². The smallest absolute Gasteiger partial charge is 0.171 e. The molecule has 6 rings (SSSR count). The Hall–Kier alpha value is 1.32. The van der Waals surface area contributed by atoms with Gasteiger partial charge in [0.15, 0.2) is 5.79 Å². The molecule has 0 bridgehead atoms. The van der Waals surface area contributed by atoms with Crippen LogP contribution in [0.5, 0.6) is 0 Å². The van der Waals surface area contributed by atoms with Crippen LogP contribution in [0.1, 0.15) is 91.9 Å². The van der Waals surface area contributed by atoms with Crippen LogP contribution in [0.25, 0.3) is 0 Å². The first-order valence-electron chi connectivity index (χ1n) is 13.3. The van der Waals surface area contributed by atoms with Gasteiger partial charge in [0.05, 0.1) is 18.8 Å². The Bertz CT molecular complexity index is 690. The summed E-state index contributed by atoms with van der Waals surface area (Å²) in [7, 11) is 0. The molecule has 6 fully saturated rings. The van der Waals surface area contributed by atoms with Crippen LogP contribution in [0.4, 0.5) is 0 Å². The number of fused-ring (bicyclic) bond motifs is 7. The maximum absolute atomic E-state index is 10.3. The average molecular weight is 644 g/mol. The minimum atomic E-state index is -0.282. The summed E-state index contributed by atoms with van der Waals surface area (Å²) >= 11 is 0. The molecule has 4 aliphatic carbocycles. The van der Waals surface area contributed by atoms with Gasteiger partial charge in [0.25, 0.3) is 0 Å². The summed E-state index contributed by atoms with van der Waals surface area (Å²) in [6, 6.07) is 0. The van der Waals surface area contributed by atoms with Gasteiger partial charge in [0, 0.05) is 56.4 Å². The molecular weight excluding hydrogens is 599 g/mol. The number of hydrogen-bond acceptors (Lipinski definition) is 3. The summed E-state index contributed by atoms with van der Waals surface area (Å²) in [5.41, 5.74) is 0.899. The summed E-state index contributed by atoms with van der Waals surface area (Å²) < 4.78 is 13.4. The number of rotatable bonds is 0. The number of aliphatic hydroxyl groups is 1. The van der Waals surface area contributed by atoms with Gasteiger partial charge in [-0.1, -0.05) is 27.7 Å². The zero-order chi connectivity index (χ0) is 20.9. The fourth-order valence-electron chi connectivity index (χ4n) is 10.3. The van der Waals surface area contributed by atoms with Gasteiger partial charge in [-0.15, -0.1) is 0 Å². The molecule has 1 spiro atoms. The van der Waals surface area contributed by atoms with Crippen molar-refractivity contribution in [1.82, 2.24) is 0 Å². The molecule has 0 aromatic carbocycles. The van der Waals surface area contributed by atoms with Gasteiger partial charge >= 0.3 is 0 Å². The normalized spacial score (nSPS) is 60.5. The molecule has 4 heteroatoms. The van der Waals surface area contributed by atoms with Crippen molar-refractivity contribution in [2.24, 2.45) is 52.3 Å². The van der Waals surface area contributed by atoms with Crippen molar-refractivity contribution in [3.63, 3.8) is 0 Å². The van der Waals surface area contributed by atoms with Crippen LogP contribution in [0.3, 0.4) is 0 Å². The SMILES string of the molecule is CC1CCC2(OC1)O[C@H]1CC3C4CC[C@@H]5C[C@H](O)CC[C@]5(C)C4CC[C@]3(C)C1[C@@H]2C.[Ac]. The van der Waals surface area contributed by atoms with Crippen LogP contribution in [0, 0.1) is 96.3 Å². The fourth-order valence-corrected chi connectivity index (χ4v) is 10.3. The summed E-state index contributed by atoms with van der Waals surface area (Å²) in [5.74, 6) is 4.93. The first-order valence-corrected chi connectivity index (χ1v) is 13.3.